The Kier molecular flexibility index (Phi) is 5.11. The van der Waals surface area contributed by atoms with E-state index in [1.54, 1.807) is 24.3 Å². The molecule has 1 saturated heterocycles. The predicted octanol–water partition coefficient (Wildman–Crippen LogP) is 1.82. The molecule has 0 radical (unpaired) electrons. The molecular formula is C18H19N4O6-. The van der Waals surface area contributed by atoms with Gasteiger partial charge in [0.05, 0.1) is 24.4 Å². The summed E-state index contributed by atoms with van der Waals surface area (Å²) in [4.78, 5) is 6.37. The highest BCUT2D eigenvalue weighted by atomic mass is 16.8. The van der Waals surface area contributed by atoms with Gasteiger partial charge in [0.25, 0.3) is 0 Å². The van der Waals surface area contributed by atoms with Crippen LogP contribution in [-0.2, 0) is 13.2 Å². The standard InChI is InChI=1S/C18H19N4O6/c23-10-15-5-4-14(27-15)9-21-8-13(24)7-16(21)18-19-17(20-28-18)11-2-1-3-12(6-11)22(25)26/h1-6,13,16,23-25H,7-10H2/q-1. The van der Waals surface area contributed by atoms with E-state index in [0.29, 0.717) is 42.5 Å². The molecule has 4 rings (SSSR count). The zero-order valence-electron chi connectivity index (χ0n) is 14.8. The summed E-state index contributed by atoms with van der Waals surface area (Å²) in [7, 11) is 0. The number of anilines is 1. The molecule has 0 amide bonds. The van der Waals surface area contributed by atoms with Crippen molar-refractivity contribution in [1.82, 2.24) is 15.0 Å². The quantitative estimate of drug-likeness (QED) is 0.536. The Morgan fingerprint density at radius 2 is 2.07 bits per heavy atom. The summed E-state index contributed by atoms with van der Waals surface area (Å²) in [5, 5.41) is 43.1. The molecule has 1 aromatic carbocycles. The second kappa shape index (κ2) is 7.70. The van der Waals surface area contributed by atoms with Crippen molar-refractivity contribution in [3.8, 4) is 11.4 Å². The fraction of sp³-hybridized carbons (Fsp3) is 0.333. The first-order chi connectivity index (χ1) is 13.5. The monoisotopic (exact) mass is 387 g/mol. The fourth-order valence-corrected chi connectivity index (χ4v) is 3.36. The maximum absolute atomic E-state index is 11.1. The van der Waals surface area contributed by atoms with Gasteiger partial charge >= 0.3 is 0 Å². The summed E-state index contributed by atoms with van der Waals surface area (Å²) < 4.78 is 10.9. The van der Waals surface area contributed by atoms with E-state index in [1.807, 2.05) is 4.90 Å². The van der Waals surface area contributed by atoms with E-state index in [1.165, 1.54) is 12.1 Å². The van der Waals surface area contributed by atoms with Crippen LogP contribution in [-0.4, -0.2) is 43.1 Å². The van der Waals surface area contributed by atoms with E-state index in [2.05, 4.69) is 10.1 Å². The molecule has 1 aliphatic heterocycles. The van der Waals surface area contributed by atoms with Crippen LogP contribution in [0.1, 0.15) is 29.9 Å². The Hall–Kier alpha value is -2.76. The SMILES string of the molecule is [O-]N(O)c1cccc(-c2noc(C3CC(O)CN3Cc3ccc(CO)o3)n2)c1. The molecule has 10 heteroatoms. The normalized spacial score (nSPS) is 20.0. The lowest BCUT2D eigenvalue weighted by atomic mass is 10.2. The van der Waals surface area contributed by atoms with Crippen molar-refractivity contribution in [2.45, 2.75) is 31.7 Å². The lowest BCUT2D eigenvalue weighted by molar-refractivity contribution is 0.160. The molecule has 0 spiro atoms. The molecule has 1 aliphatic rings. The minimum Gasteiger partial charge on any atom is -0.733 e. The summed E-state index contributed by atoms with van der Waals surface area (Å²) in [6.07, 6.45) is -0.111. The minimum atomic E-state index is -0.542. The van der Waals surface area contributed by atoms with Gasteiger partial charge in [-0.15, -0.1) is 0 Å². The Morgan fingerprint density at radius 1 is 1.25 bits per heavy atom. The number of aliphatic hydroxyl groups excluding tert-OH is 2. The second-order valence-corrected chi connectivity index (χ2v) is 6.64. The van der Waals surface area contributed by atoms with Crippen molar-refractivity contribution in [2.24, 2.45) is 0 Å². The van der Waals surface area contributed by atoms with E-state index in [-0.39, 0.29) is 29.4 Å². The van der Waals surface area contributed by atoms with Gasteiger partial charge in [-0.1, -0.05) is 17.3 Å². The number of hydrogen-bond acceptors (Lipinski definition) is 10. The summed E-state index contributed by atoms with van der Waals surface area (Å²) in [5.41, 5.74) is 0.574. The molecule has 3 heterocycles. The zero-order valence-corrected chi connectivity index (χ0v) is 14.8. The van der Waals surface area contributed by atoms with Crippen LogP contribution in [0.25, 0.3) is 11.4 Å². The lowest BCUT2D eigenvalue weighted by Gasteiger charge is -2.21. The second-order valence-electron chi connectivity index (χ2n) is 6.64. The van der Waals surface area contributed by atoms with Crippen molar-refractivity contribution < 1.29 is 24.4 Å². The Balaban J connectivity index is 1.55. The first-order valence-corrected chi connectivity index (χ1v) is 8.74. The Labute approximate surface area is 159 Å². The van der Waals surface area contributed by atoms with Crippen molar-refractivity contribution in [3.05, 3.63) is 59.0 Å². The molecule has 0 bridgehead atoms. The third-order valence-corrected chi connectivity index (χ3v) is 4.67. The molecule has 2 unspecified atom stereocenters. The van der Waals surface area contributed by atoms with Crippen LogP contribution in [0.15, 0.2) is 45.3 Å². The highest BCUT2D eigenvalue weighted by molar-refractivity contribution is 5.62. The van der Waals surface area contributed by atoms with Gasteiger partial charge in [-0.05, 0) is 30.7 Å². The Morgan fingerprint density at radius 3 is 2.82 bits per heavy atom. The van der Waals surface area contributed by atoms with E-state index in [9.17, 15) is 10.3 Å². The average molecular weight is 387 g/mol. The molecule has 148 valence electrons. The van der Waals surface area contributed by atoms with Crippen LogP contribution >= 0.6 is 0 Å². The number of aliphatic hydroxyl groups is 2. The third kappa shape index (κ3) is 3.77. The Bertz CT molecular complexity index is 940. The summed E-state index contributed by atoms with van der Waals surface area (Å²) >= 11 is 0. The van der Waals surface area contributed by atoms with Gasteiger partial charge in [-0.3, -0.25) is 10.1 Å². The highest BCUT2D eigenvalue weighted by Crippen LogP contribution is 2.34. The first-order valence-electron chi connectivity index (χ1n) is 8.74. The van der Waals surface area contributed by atoms with Crippen LogP contribution in [0.2, 0.25) is 0 Å². The van der Waals surface area contributed by atoms with Gasteiger partial charge in [0.1, 0.15) is 18.1 Å². The molecule has 28 heavy (non-hydrogen) atoms. The molecule has 3 N–H and O–H groups in total. The largest absolute Gasteiger partial charge is 0.733 e. The molecule has 10 nitrogen and oxygen atoms in total. The van der Waals surface area contributed by atoms with E-state index < -0.39 is 6.10 Å². The maximum Gasteiger partial charge on any atom is 0.244 e. The van der Waals surface area contributed by atoms with Crippen molar-refractivity contribution in [2.75, 3.05) is 11.8 Å². The van der Waals surface area contributed by atoms with Gasteiger partial charge in [0, 0.05) is 12.1 Å². The minimum absolute atomic E-state index is 0.0549. The topological polar surface area (TPSA) is 142 Å². The van der Waals surface area contributed by atoms with E-state index >= 15 is 0 Å². The average Bonchev–Trinajstić information content (AvgIpc) is 3.42. The molecule has 0 saturated carbocycles. The summed E-state index contributed by atoms with van der Waals surface area (Å²) in [6.45, 7) is 0.667. The first kappa shape index (κ1) is 18.6. The van der Waals surface area contributed by atoms with Gasteiger partial charge in [-0.2, -0.15) is 4.98 Å². The number of hydrogen-bond donors (Lipinski definition) is 3. The van der Waals surface area contributed by atoms with Crippen LogP contribution in [0, 0.1) is 5.21 Å². The van der Waals surface area contributed by atoms with Crippen LogP contribution in [0.4, 0.5) is 5.69 Å². The number of furan rings is 1. The number of nitrogens with zero attached hydrogens (tertiary/aromatic N) is 4. The highest BCUT2D eigenvalue weighted by Gasteiger charge is 2.36. The summed E-state index contributed by atoms with van der Waals surface area (Å²) in [5.74, 6) is 1.76. The van der Waals surface area contributed by atoms with Gasteiger partial charge in [0.2, 0.25) is 11.7 Å². The van der Waals surface area contributed by atoms with Crippen LogP contribution < -0.4 is 5.23 Å². The molecule has 2 aromatic heterocycles. The summed E-state index contributed by atoms with van der Waals surface area (Å²) in [6, 6.07) is 9.39. The number of likely N-dealkylation sites (tertiary alicyclic amines) is 1. The number of aromatic nitrogens is 2. The number of benzene rings is 1. The predicted molar refractivity (Wildman–Crippen MR) is 95.8 cm³/mol. The number of rotatable bonds is 6. The molecule has 1 fully saturated rings. The third-order valence-electron chi connectivity index (χ3n) is 4.67. The molecule has 3 aromatic rings. The fourth-order valence-electron chi connectivity index (χ4n) is 3.36. The van der Waals surface area contributed by atoms with Crippen molar-refractivity contribution >= 4 is 5.69 Å². The van der Waals surface area contributed by atoms with Crippen molar-refractivity contribution in [1.29, 1.82) is 0 Å². The van der Waals surface area contributed by atoms with Crippen molar-refractivity contribution in [3.63, 3.8) is 0 Å². The molecular weight excluding hydrogens is 368 g/mol. The lowest BCUT2D eigenvalue weighted by Crippen LogP contribution is -2.24. The number of β-amino-alcohol motifs (C(OH)–C–C–N with tert-alkyl or cyclic N) is 1. The van der Waals surface area contributed by atoms with E-state index in [0.717, 1.165) is 0 Å². The van der Waals surface area contributed by atoms with E-state index in [4.69, 9.17) is 19.3 Å². The zero-order chi connectivity index (χ0) is 19.7. The van der Waals surface area contributed by atoms with Crippen LogP contribution in [0.3, 0.4) is 0 Å². The van der Waals surface area contributed by atoms with Gasteiger partial charge < -0.3 is 29.6 Å². The maximum atomic E-state index is 11.1. The van der Waals surface area contributed by atoms with Gasteiger partial charge in [-0.25, -0.2) is 0 Å². The van der Waals surface area contributed by atoms with Crippen LogP contribution in [0.5, 0.6) is 0 Å². The molecule has 2 atom stereocenters. The van der Waals surface area contributed by atoms with Gasteiger partial charge in [0.15, 0.2) is 0 Å². The molecule has 0 aliphatic carbocycles. The smallest absolute Gasteiger partial charge is 0.244 e.